The highest BCUT2D eigenvalue weighted by molar-refractivity contribution is 5.95. The van der Waals surface area contributed by atoms with Gasteiger partial charge >= 0.3 is 0 Å². The summed E-state index contributed by atoms with van der Waals surface area (Å²) < 4.78 is 0. The quantitative estimate of drug-likeness (QED) is 0.655. The largest absolute Gasteiger partial charge is 0.378 e. The maximum absolute atomic E-state index is 12.0. The Morgan fingerprint density at radius 2 is 1.62 bits per heavy atom. The first-order valence-corrected chi connectivity index (χ1v) is 7.44. The second kappa shape index (κ2) is 7.92. The Morgan fingerprint density at radius 3 is 2.17 bits per heavy atom. The summed E-state index contributed by atoms with van der Waals surface area (Å²) in [4.78, 5) is 24.9. The standard InChI is InChI=1S/C18H20N4O2/c1-13(23)20-16-8-4-14(5-9-16)12-19-21-18(24)15-6-10-17(11-7-15)22(2)3/h4-12H,1-3H3,(H,20,23)(H,21,24)/b19-12-. The second-order valence-corrected chi connectivity index (χ2v) is 5.44. The van der Waals surface area contributed by atoms with E-state index in [-0.39, 0.29) is 11.8 Å². The van der Waals surface area contributed by atoms with Gasteiger partial charge in [0, 0.05) is 38.0 Å². The van der Waals surface area contributed by atoms with E-state index in [4.69, 9.17) is 0 Å². The van der Waals surface area contributed by atoms with Crippen molar-refractivity contribution in [1.82, 2.24) is 5.43 Å². The topological polar surface area (TPSA) is 73.8 Å². The molecule has 124 valence electrons. The van der Waals surface area contributed by atoms with Gasteiger partial charge < -0.3 is 10.2 Å². The van der Waals surface area contributed by atoms with Crippen LogP contribution in [0, 0.1) is 0 Å². The molecular formula is C18H20N4O2. The van der Waals surface area contributed by atoms with Crippen molar-refractivity contribution in [3.8, 4) is 0 Å². The minimum absolute atomic E-state index is 0.121. The van der Waals surface area contributed by atoms with Gasteiger partial charge in [-0.3, -0.25) is 9.59 Å². The molecule has 2 rings (SSSR count). The highest BCUT2D eigenvalue weighted by Crippen LogP contribution is 2.12. The van der Waals surface area contributed by atoms with Gasteiger partial charge in [-0.25, -0.2) is 5.43 Å². The zero-order valence-corrected chi connectivity index (χ0v) is 13.9. The highest BCUT2D eigenvalue weighted by Gasteiger charge is 2.04. The average Bonchev–Trinajstić information content (AvgIpc) is 2.56. The van der Waals surface area contributed by atoms with E-state index in [0.717, 1.165) is 11.3 Å². The van der Waals surface area contributed by atoms with Crippen molar-refractivity contribution in [1.29, 1.82) is 0 Å². The highest BCUT2D eigenvalue weighted by atomic mass is 16.2. The molecule has 0 radical (unpaired) electrons. The van der Waals surface area contributed by atoms with Crippen LogP contribution in [-0.4, -0.2) is 32.1 Å². The molecule has 0 heterocycles. The van der Waals surface area contributed by atoms with Crippen LogP contribution in [0.5, 0.6) is 0 Å². The summed E-state index contributed by atoms with van der Waals surface area (Å²) in [7, 11) is 3.88. The number of hydrogen-bond acceptors (Lipinski definition) is 4. The van der Waals surface area contributed by atoms with E-state index in [9.17, 15) is 9.59 Å². The van der Waals surface area contributed by atoms with Crippen molar-refractivity contribution in [2.24, 2.45) is 5.10 Å². The molecule has 0 aliphatic carbocycles. The van der Waals surface area contributed by atoms with Crippen LogP contribution in [0.15, 0.2) is 53.6 Å². The molecule has 0 aromatic heterocycles. The number of carbonyl (C=O) groups excluding carboxylic acids is 2. The van der Waals surface area contributed by atoms with E-state index in [1.54, 1.807) is 42.6 Å². The molecule has 0 spiro atoms. The molecular weight excluding hydrogens is 304 g/mol. The number of hydrogen-bond donors (Lipinski definition) is 2. The van der Waals surface area contributed by atoms with Crippen molar-refractivity contribution in [3.63, 3.8) is 0 Å². The van der Waals surface area contributed by atoms with Crippen LogP contribution in [-0.2, 0) is 4.79 Å². The van der Waals surface area contributed by atoms with Crippen LogP contribution in [0.1, 0.15) is 22.8 Å². The van der Waals surface area contributed by atoms with E-state index >= 15 is 0 Å². The van der Waals surface area contributed by atoms with E-state index in [2.05, 4.69) is 15.8 Å². The summed E-state index contributed by atoms with van der Waals surface area (Å²) in [5.74, 6) is -0.393. The lowest BCUT2D eigenvalue weighted by molar-refractivity contribution is -0.114. The van der Waals surface area contributed by atoms with Crippen LogP contribution >= 0.6 is 0 Å². The fraction of sp³-hybridized carbons (Fsp3) is 0.167. The predicted octanol–water partition coefficient (Wildman–Crippen LogP) is 2.47. The SMILES string of the molecule is CC(=O)Nc1ccc(/C=N\NC(=O)c2ccc(N(C)C)cc2)cc1. The van der Waals surface area contributed by atoms with Gasteiger partial charge in [0.25, 0.3) is 5.91 Å². The molecule has 0 saturated carbocycles. The van der Waals surface area contributed by atoms with Crippen LogP contribution < -0.4 is 15.6 Å². The van der Waals surface area contributed by atoms with Crippen molar-refractivity contribution >= 4 is 29.4 Å². The third kappa shape index (κ3) is 4.95. The van der Waals surface area contributed by atoms with Crippen molar-refractivity contribution in [3.05, 3.63) is 59.7 Å². The fourth-order valence-electron chi connectivity index (χ4n) is 2.00. The van der Waals surface area contributed by atoms with Gasteiger partial charge in [0.2, 0.25) is 5.91 Å². The Labute approximate surface area is 141 Å². The summed E-state index contributed by atoms with van der Waals surface area (Å²) >= 11 is 0. The van der Waals surface area contributed by atoms with Crippen LogP contribution in [0.2, 0.25) is 0 Å². The predicted molar refractivity (Wildman–Crippen MR) is 96.6 cm³/mol. The third-order valence-electron chi connectivity index (χ3n) is 3.26. The monoisotopic (exact) mass is 324 g/mol. The number of anilines is 2. The minimum Gasteiger partial charge on any atom is -0.378 e. The number of hydrazone groups is 1. The summed E-state index contributed by atoms with van der Waals surface area (Å²) in [5, 5.41) is 6.63. The van der Waals surface area contributed by atoms with Gasteiger partial charge in [-0.1, -0.05) is 12.1 Å². The van der Waals surface area contributed by atoms with E-state index in [1.807, 2.05) is 31.1 Å². The van der Waals surface area contributed by atoms with E-state index in [1.165, 1.54) is 6.92 Å². The number of nitrogens with zero attached hydrogens (tertiary/aromatic N) is 2. The first kappa shape index (κ1) is 17.2. The molecule has 0 atom stereocenters. The summed E-state index contributed by atoms with van der Waals surface area (Å²) in [5.41, 5.74) is 5.58. The molecule has 0 aliphatic heterocycles. The average molecular weight is 324 g/mol. The van der Waals surface area contributed by atoms with Crippen LogP contribution in [0.25, 0.3) is 0 Å². The Morgan fingerprint density at radius 1 is 1.00 bits per heavy atom. The van der Waals surface area contributed by atoms with Gasteiger partial charge in [-0.05, 0) is 42.0 Å². The molecule has 6 nitrogen and oxygen atoms in total. The maximum atomic E-state index is 12.0. The van der Waals surface area contributed by atoms with Gasteiger partial charge in [0.15, 0.2) is 0 Å². The molecule has 24 heavy (non-hydrogen) atoms. The van der Waals surface area contributed by atoms with Gasteiger partial charge in [-0.2, -0.15) is 5.10 Å². The van der Waals surface area contributed by atoms with Crippen molar-refractivity contribution in [2.45, 2.75) is 6.92 Å². The number of nitrogens with one attached hydrogen (secondary N) is 2. The minimum atomic E-state index is -0.272. The zero-order chi connectivity index (χ0) is 17.5. The molecule has 0 aliphatic rings. The van der Waals surface area contributed by atoms with Crippen molar-refractivity contribution in [2.75, 3.05) is 24.3 Å². The summed E-state index contributed by atoms with van der Waals surface area (Å²) in [6.07, 6.45) is 1.55. The van der Waals surface area contributed by atoms with E-state index < -0.39 is 0 Å². The molecule has 0 bridgehead atoms. The third-order valence-corrected chi connectivity index (χ3v) is 3.26. The summed E-state index contributed by atoms with van der Waals surface area (Å²) in [6.45, 7) is 1.45. The lowest BCUT2D eigenvalue weighted by Crippen LogP contribution is -2.18. The molecule has 0 fully saturated rings. The Kier molecular flexibility index (Phi) is 5.68. The van der Waals surface area contributed by atoms with Gasteiger partial charge in [0.05, 0.1) is 6.21 Å². The first-order chi connectivity index (χ1) is 11.5. The van der Waals surface area contributed by atoms with E-state index in [0.29, 0.717) is 11.3 Å². The molecule has 6 heteroatoms. The Bertz CT molecular complexity index is 735. The summed E-state index contributed by atoms with van der Waals surface area (Å²) in [6, 6.07) is 14.4. The maximum Gasteiger partial charge on any atom is 0.271 e. The molecule has 0 unspecified atom stereocenters. The van der Waals surface area contributed by atoms with Gasteiger partial charge in [0.1, 0.15) is 0 Å². The first-order valence-electron chi connectivity index (χ1n) is 7.44. The number of benzene rings is 2. The van der Waals surface area contributed by atoms with Crippen LogP contribution in [0.3, 0.4) is 0 Å². The molecule has 2 amide bonds. The number of carbonyl (C=O) groups is 2. The lowest BCUT2D eigenvalue weighted by Gasteiger charge is -2.12. The van der Waals surface area contributed by atoms with Gasteiger partial charge in [-0.15, -0.1) is 0 Å². The normalized spacial score (nSPS) is 10.5. The molecule has 2 aromatic carbocycles. The Balaban J connectivity index is 1.93. The smallest absolute Gasteiger partial charge is 0.271 e. The Hall–Kier alpha value is -3.15. The number of amides is 2. The molecule has 2 N–H and O–H groups in total. The second-order valence-electron chi connectivity index (χ2n) is 5.44. The molecule has 2 aromatic rings. The number of rotatable bonds is 5. The molecule has 0 saturated heterocycles. The lowest BCUT2D eigenvalue weighted by atomic mass is 10.2. The van der Waals surface area contributed by atoms with Crippen LogP contribution in [0.4, 0.5) is 11.4 Å². The van der Waals surface area contributed by atoms with Crippen molar-refractivity contribution < 1.29 is 9.59 Å². The zero-order valence-electron chi connectivity index (χ0n) is 13.9. The fourth-order valence-corrected chi connectivity index (χ4v) is 2.00.